The van der Waals surface area contributed by atoms with Gasteiger partial charge in [-0.15, -0.1) is 0 Å². The maximum atomic E-state index is 12.1. The van der Waals surface area contributed by atoms with Gasteiger partial charge in [0.25, 0.3) is 0 Å². The minimum absolute atomic E-state index is 0.0862. The molecule has 3 rings (SSSR count). The van der Waals surface area contributed by atoms with Crippen molar-refractivity contribution in [3.63, 3.8) is 0 Å². The highest BCUT2D eigenvalue weighted by molar-refractivity contribution is 5.96. The number of carbonyl (C=O) groups is 3. The second kappa shape index (κ2) is 9.12. The fourth-order valence-corrected chi connectivity index (χ4v) is 3.14. The predicted octanol–water partition coefficient (Wildman–Crippen LogP) is 2.15. The van der Waals surface area contributed by atoms with Gasteiger partial charge < -0.3 is 24.7 Å². The molecule has 160 valence electrons. The normalized spacial score (nSPS) is 19.7. The number of aliphatic carboxylic acids is 1. The summed E-state index contributed by atoms with van der Waals surface area (Å²) in [6.45, 7) is 2.35. The van der Waals surface area contributed by atoms with Gasteiger partial charge in [-0.2, -0.15) is 13.2 Å². The minimum atomic E-state index is -5.08. The zero-order valence-corrected chi connectivity index (χ0v) is 15.6. The lowest BCUT2D eigenvalue weighted by Crippen LogP contribution is -2.26. The number of amides is 1. The van der Waals surface area contributed by atoms with Crippen molar-refractivity contribution in [2.24, 2.45) is 0 Å². The van der Waals surface area contributed by atoms with Gasteiger partial charge in [0.1, 0.15) is 6.10 Å². The Balaban J connectivity index is 0.000000370. The lowest BCUT2D eigenvalue weighted by atomic mass is 10.0. The molecule has 0 spiro atoms. The Bertz CT molecular complexity index is 783. The van der Waals surface area contributed by atoms with Crippen LogP contribution in [-0.4, -0.2) is 72.1 Å². The number of nitrogens with zero attached hydrogens (tertiary/aromatic N) is 2. The highest BCUT2D eigenvalue weighted by Crippen LogP contribution is 2.27. The SMILES string of the molecule is CN1CCc2ccc(N3CC(OC(=O)O)CC3=O)cc2CC1.O=C(O)C(F)(F)F. The molecule has 0 aromatic heterocycles. The molecule has 0 radical (unpaired) electrons. The molecule has 0 bridgehead atoms. The highest BCUT2D eigenvalue weighted by Gasteiger charge is 2.38. The lowest BCUT2D eigenvalue weighted by molar-refractivity contribution is -0.192. The molecule has 0 aliphatic carbocycles. The highest BCUT2D eigenvalue weighted by atomic mass is 19.4. The van der Waals surface area contributed by atoms with Gasteiger partial charge in [-0.3, -0.25) is 4.79 Å². The van der Waals surface area contributed by atoms with Gasteiger partial charge in [-0.25, -0.2) is 9.59 Å². The summed E-state index contributed by atoms with van der Waals surface area (Å²) >= 11 is 0. The maximum absolute atomic E-state index is 12.1. The molecule has 1 fully saturated rings. The first-order valence-electron chi connectivity index (χ1n) is 8.77. The topological polar surface area (TPSA) is 107 Å². The first-order chi connectivity index (χ1) is 13.5. The van der Waals surface area contributed by atoms with Crippen LogP contribution in [0.15, 0.2) is 18.2 Å². The zero-order chi connectivity index (χ0) is 21.8. The van der Waals surface area contributed by atoms with Crippen LogP contribution in [-0.2, 0) is 27.2 Å². The Hall–Kier alpha value is -2.82. The minimum Gasteiger partial charge on any atom is -0.475 e. The summed E-state index contributed by atoms with van der Waals surface area (Å²) in [6, 6.07) is 6.10. The van der Waals surface area contributed by atoms with Gasteiger partial charge in [0, 0.05) is 18.8 Å². The number of anilines is 1. The second-order valence-corrected chi connectivity index (χ2v) is 6.77. The quantitative estimate of drug-likeness (QED) is 0.709. The van der Waals surface area contributed by atoms with Crippen LogP contribution >= 0.6 is 0 Å². The number of alkyl halides is 3. The van der Waals surface area contributed by atoms with Gasteiger partial charge in [-0.05, 0) is 43.1 Å². The first-order valence-corrected chi connectivity index (χ1v) is 8.77. The van der Waals surface area contributed by atoms with E-state index in [-0.39, 0.29) is 12.3 Å². The largest absolute Gasteiger partial charge is 0.506 e. The molecule has 8 nitrogen and oxygen atoms in total. The van der Waals surface area contributed by atoms with E-state index in [1.807, 2.05) is 6.07 Å². The van der Waals surface area contributed by atoms with Crippen LogP contribution in [0.3, 0.4) is 0 Å². The Morgan fingerprint density at radius 2 is 1.72 bits per heavy atom. The molecule has 11 heteroatoms. The average molecular weight is 418 g/mol. The predicted molar refractivity (Wildman–Crippen MR) is 94.9 cm³/mol. The van der Waals surface area contributed by atoms with E-state index in [1.165, 1.54) is 11.1 Å². The summed E-state index contributed by atoms with van der Waals surface area (Å²) in [5.41, 5.74) is 3.44. The van der Waals surface area contributed by atoms with Crippen LogP contribution in [0.25, 0.3) is 0 Å². The van der Waals surface area contributed by atoms with Crippen molar-refractivity contribution in [1.82, 2.24) is 4.90 Å². The molecule has 2 aliphatic rings. The van der Waals surface area contributed by atoms with Crippen molar-refractivity contribution in [3.05, 3.63) is 29.3 Å². The Kier molecular flexibility index (Phi) is 7.07. The van der Waals surface area contributed by atoms with Gasteiger partial charge >= 0.3 is 18.3 Å². The number of carbonyl (C=O) groups excluding carboxylic acids is 1. The van der Waals surface area contributed by atoms with E-state index in [1.54, 1.807) is 4.90 Å². The van der Waals surface area contributed by atoms with Crippen LogP contribution in [0.5, 0.6) is 0 Å². The van der Waals surface area contributed by atoms with E-state index in [2.05, 4.69) is 24.1 Å². The molecule has 1 saturated heterocycles. The fourth-order valence-electron chi connectivity index (χ4n) is 3.14. The number of halogens is 3. The van der Waals surface area contributed by atoms with E-state index in [9.17, 15) is 22.8 Å². The van der Waals surface area contributed by atoms with Crippen molar-refractivity contribution < 1.29 is 42.5 Å². The second-order valence-electron chi connectivity index (χ2n) is 6.77. The molecule has 1 atom stereocenters. The molecule has 1 aromatic carbocycles. The van der Waals surface area contributed by atoms with Gasteiger partial charge in [0.05, 0.1) is 13.0 Å². The number of benzene rings is 1. The van der Waals surface area contributed by atoms with E-state index < -0.39 is 24.4 Å². The molecule has 1 unspecified atom stereocenters. The molecule has 2 aliphatic heterocycles. The maximum Gasteiger partial charge on any atom is 0.506 e. The molecule has 2 N–H and O–H groups in total. The zero-order valence-electron chi connectivity index (χ0n) is 15.6. The Morgan fingerprint density at radius 1 is 1.14 bits per heavy atom. The van der Waals surface area contributed by atoms with Crippen LogP contribution in [0, 0.1) is 0 Å². The Morgan fingerprint density at radius 3 is 2.28 bits per heavy atom. The summed E-state index contributed by atoms with van der Waals surface area (Å²) in [6.07, 6.45) is -4.88. The number of likely N-dealkylation sites (N-methyl/N-ethyl adjacent to an activating group) is 1. The Labute approximate surface area is 164 Å². The van der Waals surface area contributed by atoms with Gasteiger partial charge in [0.15, 0.2) is 0 Å². The van der Waals surface area contributed by atoms with Gasteiger partial charge in [0.2, 0.25) is 5.91 Å². The molecule has 1 aromatic rings. The van der Waals surface area contributed by atoms with E-state index >= 15 is 0 Å². The summed E-state index contributed by atoms with van der Waals surface area (Å²) in [4.78, 5) is 35.5. The van der Waals surface area contributed by atoms with Gasteiger partial charge in [-0.1, -0.05) is 6.07 Å². The monoisotopic (exact) mass is 418 g/mol. The van der Waals surface area contributed by atoms with Crippen molar-refractivity contribution in [1.29, 1.82) is 0 Å². The number of hydrogen-bond acceptors (Lipinski definition) is 5. The number of carboxylic acid groups (broad SMARTS) is 2. The molecular formula is C18H21F3N2O6. The van der Waals surface area contributed by atoms with E-state index in [4.69, 9.17) is 19.7 Å². The molecule has 29 heavy (non-hydrogen) atoms. The summed E-state index contributed by atoms with van der Waals surface area (Å²) in [5.74, 6) is -2.84. The van der Waals surface area contributed by atoms with E-state index in [0.29, 0.717) is 6.54 Å². The van der Waals surface area contributed by atoms with Crippen molar-refractivity contribution >= 4 is 23.7 Å². The smallest absolute Gasteiger partial charge is 0.475 e. The molecule has 1 amide bonds. The standard InChI is InChI=1S/C16H20N2O4.C2HF3O2/c1-17-6-4-11-2-3-13(8-12(11)5-7-17)18-10-14(9-15(18)19)22-16(20)21;3-2(4,5)1(6)7/h2-3,8,14H,4-7,9-10H2,1H3,(H,20,21);(H,6,7). The average Bonchev–Trinajstić information content (AvgIpc) is 2.86. The summed E-state index contributed by atoms with van der Waals surface area (Å²) in [5, 5.41) is 15.8. The number of rotatable bonds is 2. The lowest BCUT2D eigenvalue weighted by Gasteiger charge is -2.18. The molecule has 0 saturated carbocycles. The number of fused-ring (bicyclic) bond motifs is 1. The number of hydrogen-bond donors (Lipinski definition) is 2. The van der Waals surface area contributed by atoms with Crippen LogP contribution in [0.4, 0.5) is 23.7 Å². The third-order valence-electron chi connectivity index (χ3n) is 4.63. The summed E-state index contributed by atoms with van der Waals surface area (Å²) < 4.78 is 36.5. The third kappa shape index (κ3) is 6.34. The van der Waals surface area contributed by atoms with Crippen LogP contribution < -0.4 is 4.90 Å². The van der Waals surface area contributed by atoms with E-state index in [0.717, 1.165) is 31.6 Å². The fraction of sp³-hybridized carbons (Fsp3) is 0.500. The van der Waals surface area contributed by atoms with Crippen LogP contribution in [0.1, 0.15) is 17.5 Å². The molecule has 2 heterocycles. The third-order valence-corrected chi connectivity index (χ3v) is 4.63. The number of ether oxygens (including phenoxy) is 1. The van der Waals surface area contributed by atoms with Crippen molar-refractivity contribution in [3.8, 4) is 0 Å². The van der Waals surface area contributed by atoms with Crippen molar-refractivity contribution in [2.45, 2.75) is 31.5 Å². The summed E-state index contributed by atoms with van der Waals surface area (Å²) in [7, 11) is 2.12. The molecular weight excluding hydrogens is 397 g/mol. The number of carboxylic acids is 1. The first kappa shape index (κ1) is 22.5. The van der Waals surface area contributed by atoms with Crippen molar-refractivity contribution in [2.75, 3.05) is 31.6 Å². The van der Waals surface area contributed by atoms with Crippen LogP contribution in [0.2, 0.25) is 0 Å².